The predicted octanol–water partition coefficient (Wildman–Crippen LogP) is 2.15. The molecule has 1 aliphatic rings. The van der Waals surface area contributed by atoms with Gasteiger partial charge in [0, 0.05) is 24.1 Å². The van der Waals surface area contributed by atoms with E-state index in [2.05, 4.69) is 30.8 Å². The van der Waals surface area contributed by atoms with Gasteiger partial charge in [0.2, 0.25) is 0 Å². The van der Waals surface area contributed by atoms with Gasteiger partial charge in [-0.3, -0.25) is 0 Å². The molecular weight excluding hydrogens is 242 g/mol. The van der Waals surface area contributed by atoms with Crippen LogP contribution >= 0.6 is 15.9 Å². The van der Waals surface area contributed by atoms with Crippen molar-refractivity contribution in [1.82, 2.24) is 9.97 Å². The number of aryl methyl sites for hydroxylation is 1. The summed E-state index contributed by atoms with van der Waals surface area (Å²) in [4.78, 5) is 10.9. The average Bonchev–Trinajstić information content (AvgIpc) is 2.65. The number of halogens is 1. The van der Waals surface area contributed by atoms with E-state index in [4.69, 9.17) is 0 Å². The Bertz CT molecular complexity index is 316. The van der Waals surface area contributed by atoms with Crippen LogP contribution in [0.5, 0.6) is 0 Å². The van der Waals surface area contributed by atoms with Crippen molar-refractivity contribution in [2.75, 3.05) is 16.8 Å². The summed E-state index contributed by atoms with van der Waals surface area (Å²) >= 11 is 3.55. The molecule has 0 aliphatic carbocycles. The van der Waals surface area contributed by atoms with Gasteiger partial charge >= 0.3 is 0 Å². The third-order valence-electron chi connectivity index (χ3n) is 2.61. The molecule has 2 rings (SSSR count). The van der Waals surface area contributed by atoms with Crippen LogP contribution in [0.15, 0.2) is 12.3 Å². The highest BCUT2D eigenvalue weighted by atomic mass is 79.9. The molecule has 0 N–H and O–H groups in total. The van der Waals surface area contributed by atoms with Crippen LogP contribution < -0.4 is 4.90 Å². The first-order valence-corrected chi connectivity index (χ1v) is 6.05. The van der Waals surface area contributed by atoms with E-state index in [0.29, 0.717) is 6.04 Å². The number of anilines is 1. The Kier molecular flexibility index (Phi) is 3.01. The molecule has 4 heteroatoms. The Morgan fingerprint density at radius 1 is 1.64 bits per heavy atom. The molecule has 1 saturated heterocycles. The van der Waals surface area contributed by atoms with Crippen molar-refractivity contribution >= 4 is 21.7 Å². The van der Waals surface area contributed by atoms with Crippen molar-refractivity contribution in [3.8, 4) is 0 Å². The molecule has 1 aromatic rings. The standard InChI is InChI=1S/C10H14BrN3/c1-8-12-5-4-10(13-8)14-6-2-3-9(14)7-11/h4-5,9H,2-3,6-7H2,1H3. The van der Waals surface area contributed by atoms with Crippen LogP contribution in [-0.4, -0.2) is 27.9 Å². The zero-order valence-electron chi connectivity index (χ0n) is 8.28. The Hall–Kier alpha value is -0.640. The number of hydrogen-bond acceptors (Lipinski definition) is 3. The second-order valence-electron chi connectivity index (χ2n) is 3.61. The largest absolute Gasteiger partial charge is 0.353 e. The van der Waals surface area contributed by atoms with E-state index in [9.17, 15) is 0 Å². The fourth-order valence-corrected chi connectivity index (χ4v) is 2.57. The lowest BCUT2D eigenvalue weighted by molar-refractivity contribution is 0.738. The van der Waals surface area contributed by atoms with E-state index < -0.39 is 0 Å². The summed E-state index contributed by atoms with van der Waals surface area (Å²) in [6, 6.07) is 2.60. The third kappa shape index (κ3) is 1.90. The Balaban J connectivity index is 2.21. The zero-order chi connectivity index (χ0) is 9.97. The van der Waals surface area contributed by atoms with Gasteiger partial charge in [-0.15, -0.1) is 0 Å². The van der Waals surface area contributed by atoms with Crippen molar-refractivity contribution in [2.45, 2.75) is 25.8 Å². The van der Waals surface area contributed by atoms with Crippen LogP contribution in [0.1, 0.15) is 18.7 Å². The first-order valence-electron chi connectivity index (χ1n) is 4.93. The molecule has 0 amide bonds. The monoisotopic (exact) mass is 255 g/mol. The molecular formula is C10H14BrN3. The lowest BCUT2D eigenvalue weighted by atomic mass is 10.2. The molecule has 2 heterocycles. The van der Waals surface area contributed by atoms with Gasteiger partial charge in [0.15, 0.2) is 0 Å². The second-order valence-corrected chi connectivity index (χ2v) is 4.25. The van der Waals surface area contributed by atoms with Crippen LogP contribution in [0, 0.1) is 6.92 Å². The number of aromatic nitrogens is 2. The maximum absolute atomic E-state index is 4.45. The minimum Gasteiger partial charge on any atom is -0.353 e. The molecule has 1 aromatic heterocycles. The number of alkyl halides is 1. The van der Waals surface area contributed by atoms with E-state index in [1.807, 2.05) is 19.2 Å². The van der Waals surface area contributed by atoms with Gasteiger partial charge in [-0.2, -0.15) is 0 Å². The summed E-state index contributed by atoms with van der Waals surface area (Å²) in [5.74, 6) is 1.92. The fourth-order valence-electron chi connectivity index (χ4n) is 1.90. The summed E-state index contributed by atoms with van der Waals surface area (Å²) < 4.78 is 0. The molecule has 0 spiro atoms. The van der Waals surface area contributed by atoms with E-state index in [1.54, 1.807) is 0 Å². The summed E-state index contributed by atoms with van der Waals surface area (Å²) in [5.41, 5.74) is 0. The topological polar surface area (TPSA) is 29.0 Å². The van der Waals surface area contributed by atoms with Gasteiger partial charge in [0.05, 0.1) is 0 Å². The van der Waals surface area contributed by atoms with E-state index >= 15 is 0 Å². The average molecular weight is 256 g/mol. The molecule has 1 aliphatic heterocycles. The molecule has 0 bridgehead atoms. The maximum Gasteiger partial charge on any atom is 0.132 e. The number of hydrogen-bond donors (Lipinski definition) is 0. The minimum absolute atomic E-state index is 0.601. The molecule has 3 nitrogen and oxygen atoms in total. The Morgan fingerprint density at radius 3 is 3.21 bits per heavy atom. The highest BCUT2D eigenvalue weighted by molar-refractivity contribution is 9.09. The third-order valence-corrected chi connectivity index (χ3v) is 3.36. The van der Waals surface area contributed by atoms with E-state index in [0.717, 1.165) is 23.5 Å². The molecule has 76 valence electrons. The molecule has 0 aromatic carbocycles. The molecule has 0 radical (unpaired) electrons. The van der Waals surface area contributed by atoms with Crippen LogP contribution in [0.4, 0.5) is 5.82 Å². The highest BCUT2D eigenvalue weighted by Crippen LogP contribution is 2.24. The first-order chi connectivity index (χ1) is 6.81. The minimum atomic E-state index is 0.601. The Morgan fingerprint density at radius 2 is 2.50 bits per heavy atom. The van der Waals surface area contributed by atoms with Crippen LogP contribution in [-0.2, 0) is 0 Å². The van der Waals surface area contributed by atoms with Crippen molar-refractivity contribution in [3.63, 3.8) is 0 Å². The van der Waals surface area contributed by atoms with Crippen molar-refractivity contribution < 1.29 is 0 Å². The lowest BCUT2D eigenvalue weighted by Crippen LogP contribution is -2.31. The smallest absolute Gasteiger partial charge is 0.132 e. The summed E-state index contributed by atoms with van der Waals surface area (Å²) in [7, 11) is 0. The molecule has 1 fully saturated rings. The fraction of sp³-hybridized carbons (Fsp3) is 0.600. The normalized spacial score (nSPS) is 21.6. The SMILES string of the molecule is Cc1nccc(N2CCCC2CBr)n1. The number of nitrogens with zero attached hydrogens (tertiary/aromatic N) is 3. The van der Waals surface area contributed by atoms with Crippen LogP contribution in [0.3, 0.4) is 0 Å². The first kappa shape index (κ1) is 9.90. The molecule has 1 atom stereocenters. The maximum atomic E-state index is 4.45. The lowest BCUT2D eigenvalue weighted by Gasteiger charge is -2.23. The Labute approximate surface area is 92.7 Å². The van der Waals surface area contributed by atoms with Crippen molar-refractivity contribution in [2.24, 2.45) is 0 Å². The molecule has 14 heavy (non-hydrogen) atoms. The van der Waals surface area contributed by atoms with Crippen molar-refractivity contribution in [1.29, 1.82) is 0 Å². The van der Waals surface area contributed by atoms with E-state index in [-0.39, 0.29) is 0 Å². The summed E-state index contributed by atoms with van der Waals surface area (Å²) in [6.45, 7) is 3.05. The van der Waals surface area contributed by atoms with Gasteiger partial charge in [-0.05, 0) is 25.8 Å². The molecule has 0 saturated carbocycles. The van der Waals surface area contributed by atoms with Gasteiger partial charge in [-0.25, -0.2) is 9.97 Å². The summed E-state index contributed by atoms with van der Waals surface area (Å²) in [5, 5.41) is 1.02. The van der Waals surface area contributed by atoms with Crippen LogP contribution in [0.25, 0.3) is 0 Å². The van der Waals surface area contributed by atoms with Gasteiger partial charge in [-0.1, -0.05) is 15.9 Å². The van der Waals surface area contributed by atoms with E-state index in [1.165, 1.54) is 12.8 Å². The quantitative estimate of drug-likeness (QED) is 0.759. The highest BCUT2D eigenvalue weighted by Gasteiger charge is 2.24. The van der Waals surface area contributed by atoms with Gasteiger partial charge < -0.3 is 4.90 Å². The number of rotatable bonds is 2. The second kappa shape index (κ2) is 4.26. The van der Waals surface area contributed by atoms with Gasteiger partial charge in [0.25, 0.3) is 0 Å². The van der Waals surface area contributed by atoms with Gasteiger partial charge in [0.1, 0.15) is 11.6 Å². The van der Waals surface area contributed by atoms with Crippen molar-refractivity contribution in [3.05, 3.63) is 18.1 Å². The van der Waals surface area contributed by atoms with Crippen LogP contribution in [0.2, 0.25) is 0 Å². The summed E-state index contributed by atoms with van der Waals surface area (Å²) in [6.07, 6.45) is 4.36. The predicted molar refractivity (Wildman–Crippen MR) is 60.9 cm³/mol. The zero-order valence-corrected chi connectivity index (χ0v) is 9.87. The molecule has 1 unspecified atom stereocenters.